The number of nitrogens with one attached hydrogen (secondary N) is 1. The van der Waals surface area contributed by atoms with Crippen molar-refractivity contribution in [2.75, 3.05) is 20.3 Å². The van der Waals surface area contributed by atoms with E-state index in [1.807, 2.05) is 36.7 Å². The number of nitrogens with two attached hydrogens (primary N) is 1. The van der Waals surface area contributed by atoms with Crippen LogP contribution in [0.15, 0.2) is 29.8 Å². The minimum absolute atomic E-state index is 0.124. The highest BCUT2D eigenvalue weighted by Crippen LogP contribution is 2.32. The van der Waals surface area contributed by atoms with Crippen LogP contribution in [-0.2, 0) is 4.74 Å². The van der Waals surface area contributed by atoms with Gasteiger partial charge in [-0.3, -0.25) is 5.84 Å². The summed E-state index contributed by atoms with van der Waals surface area (Å²) in [5, 5.41) is 0. The van der Waals surface area contributed by atoms with Gasteiger partial charge in [0.25, 0.3) is 0 Å². The Morgan fingerprint density at radius 1 is 1.35 bits per heavy atom. The molecule has 5 nitrogen and oxygen atoms in total. The fraction of sp³-hybridized carbons (Fsp3) is 0.357. The molecule has 1 atom stereocenters. The lowest BCUT2D eigenvalue weighted by molar-refractivity contribution is 0.145. The van der Waals surface area contributed by atoms with Gasteiger partial charge in [-0.15, -0.1) is 11.3 Å². The third kappa shape index (κ3) is 3.34. The lowest BCUT2D eigenvalue weighted by Gasteiger charge is -2.19. The SMILES string of the molecule is COCCOc1ccccc1C(NN)c1scnc1C. The molecule has 0 amide bonds. The summed E-state index contributed by atoms with van der Waals surface area (Å²) in [4.78, 5) is 5.37. The van der Waals surface area contributed by atoms with Gasteiger partial charge in [0.2, 0.25) is 0 Å². The van der Waals surface area contributed by atoms with Gasteiger partial charge in [-0.05, 0) is 13.0 Å². The lowest BCUT2D eigenvalue weighted by atomic mass is 10.0. The molecule has 1 heterocycles. The Hall–Kier alpha value is -1.47. The van der Waals surface area contributed by atoms with Gasteiger partial charge in [0, 0.05) is 12.7 Å². The summed E-state index contributed by atoms with van der Waals surface area (Å²) in [6, 6.07) is 7.73. The quantitative estimate of drug-likeness (QED) is 0.464. The first-order valence-electron chi connectivity index (χ1n) is 6.34. The molecule has 0 aliphatic heterocycles. The molecule has 0 bridgehead atoms. The van der Waals surface area contributed by atoms with Gasteiger partial charge in [0.1, 0.15) is 12.4 Å². The van der Waals surface area contributed by atoms with Crippen LogP contribution in [0.5, 0.6) is 5.75 Å². The summed E-state index contributed by atoms with van der Waals surface area (Å²) < 4.78 is 10.8. The number of ether oxygens (including phenoxy) is 2. The van der Waals surface area contributed by atoms with Crippen molar-refractivity contribution in [1.82, 2.24) is 10.4 Å². The first-order chi connectivity index (χ1) is 9.77. The van der Waals surface area contributed by atoms with E-state index in [0.29, 0.717) is 13.2 Å². The summed E-state index contributed by atoms with van der Waals surface area (Å²) in [7, 11) is 1.65. The lowest BCUT2D eigenvalue weighted by Crippen LogP contribution is -2.29. The predicted molar refractivity (Wildman–Crippen MR) is 79.8 cm³/mol. The molecule has 1 aromatic heterocycles. The fourth-order valence-corrected chi connectivity index (χ4v) is 2.86. The standard InChI is InChI=1S/C14H19N3O2S/c1-10-14(20-9-16-10)13(17-15)11-5-3-4-6-12(11)19-8-7-18-2/h3-6,9,13,17H,7-8,15H2,1-2H3. The molecule has 6 heteroatoms. The number of hydrogen-bond donors (Lipinski definition) is 2. The summed E-state index contributed by atoms with van der Waals surface area (Å²) in [5.74, 6) is 6.54. The number of para-hydroxylation sites is 1. The number of rotatable bonds is 7. The number of hydrogen-bond acceptors (Lipinski definition) is 6. The van der Waals surface area contributed by atoms with E-state index in [-0.39, 0.29) is 6.04 Å². The van der Waals surface area contributed by atoms with Crippen LogP contribution in [0.4, 0.5) is 0 Å². The maximum atomic E-state index is 5.76. The molecule has 0 aliphatic rings. The molecule has 0 aliphatic carbocycles. The smallest absolute Gasteiger partial charge is 0.124 e. The van der Waals surface area contributed by atoms with Gasteiger partial charge >= 0.3 is 0 Å². The predicted octanol–water partition coefficient (Wildman–Crippen LogP) is 2.03. The Morgan fingerprint density at radius 3 is 2.80 bits per heavy atom. The average molecular weight is 293 g/mol. The van der Waals surface area contributed by atoms with Gasteiger partial charge < -0.3 is 9.47 Å². The van der Waals surface area contributed by atoms with Crippen molar-refractivity contribution in [2.45, 2.75) is 13.0 Å². The van der Waals surface area contributed by atoms with Gasteiger partial charge in [-0.1, -0.05) is 18.2 Å². The van der Waals surface area contributed by atoms with E-state index < -0.39 is 0 Å². The average Bonchev–Trinajstić information content (AvgIpc) is 2.88. The second-order valence-corrected chi connectivity index (χ2v) is 5.17. The molecule has 0 saturated carbocycles. The highest BCUT2D eigenvalue weighted by atomic mass is 32.1. The summed E-state index contributed by atoms with van der Waals surface area (Å²) in [5.41, 5.74) is 6.65. The minimum Gasteiger partial charge on any atom is -0.491 e. The van der Waals surface area contributed by atoms with E-state index in [1.54, 1.807) is 18.4 Å². The molecule has 0 fully saturated rings. The van der Waals surface area contributed by atoms with Crippen LogP contribution in [0.25, 0.3) is 0 Å². The zero-order chi connectivity index (χ0) is 14.4. The number of aryl methyl sites for hydroxylation is 1. The maximum Gasteiger partial charge on any atom is 0.124 e. The van der Waals surface area contributed by atoms with E-state index in [1.165, 1.54) is 0 Å². The summed E-state index contributed by atoms with van der Waals surface area (Å²) in [6.07, 6.45) is 0. The zero-order valence-electron chi connectivity index (χ0n) is 11.6. The third-order valence-corrected chi connectivity index (χ3v) is 3.98. The zero-order valence-corrected chi connectivity index (χ0v) is 12.4. The first kappa shape index (κ1) is 14.9. The highest BCUT2D eigenvalue weighted by Gasteiger charge is 2.20. The van der Waals surface area contributed by atoms with Crippen LogP contribution < -0.4 is 16.0 Å². The van der Waals surface area contributed by atoms with E-state index in [2.05, 4.69) is 10.4 Å². The van der Waals surface area contributed by atoms with E-state index in [0.717, 1.165) is 21.9 Å². The second kappa shape index (κ2) is 7.35. The van der Waals surface area contributed by atoms with Crippen LogP contribution >= 0.6 is 11.3 Å². The molecular formula is C14H19N3O2S. The Labute approximate surface area is 122 Å². The van der Waals surface area contributed by atoms with Crippen LogP contribution in [0.3, 0.4) is 0 Å². The monoisotopic (exact) mass is 293 g/mol. The van der Waals surface area contributed by atoms with Gasteiger partial charge in [-0.2, -0.15) is 0 Å². The van der Waals surface area contributed by atoms with E-state index >= 15 is 0 Å². The molecule has 0 saturated heterocycles. The van der Waals surface area contributed by atoms with E-state index in [9.17, 15) is 0 Å². The van der Waals surface area contributed by atoms with Crippen molar-refractivity contribution in [2.24, 2.45) is 5.84 Å². The Kier molecular flexibility index (Phi) is 5.49. The number of methoxy groups -OCH3 is 1. The van der Waals surface area contributed by atoms with Crippen molar-refractivity contribution in [3.8, 4) is 5.75 Å². The van der Waals surface area contributed by atoms with Crippen LogP contribution in [0.2, 0.25) is 0 Å². The Bertz CT molecular complexity index is 545. The molecule has 1 unspecified atom stereocenters. The summed E-state index contributed by atoms with van der Waals surface area (Å²) >= 11 is 1.58. The van der Waals surface area contributed by atoms with Crippen LogP contribution in [0.1, 0.15) is 22.2 Å². The molecule has 1 aromatic carbocycles. The van der Waals surface area contributed by atoms with Gasteiger partial charge in [0.15, 0.2) is 0 Å². The molecular weight excluding hydrogens is 274 g/mol. The normalized spacial score (nSPS) is 12.3. The van der Waals surface area contributed by atoms with Gasteiger partial charge in [-0.25, -0.2) is 10.4 Å². The topological polar surface area (TPSA) is 69.4 Å². The van der Waals surface area contributed by atoms with Crippen molar-refractivity contribution < 1.29 is 9.47 Å². The molecule has 0 radical (unpaired) electrons. The second-order valence-electron chi connectivity index (χ2n) is 4.28. The van der Waals surface area contributed by atoms with Crippen molar-refractivity contribution >= 4 is 11.3 Å². The molecule has 0 spiro atoms. The number of nitrogens with zero attached hydrogens (tertiary/aromatic N) is 1. The minimum atomic E-state index is -0.124. The number of aromatic nitrogens is 1. The van der Waals surface area contributed by atoms with Crippen molar-refractivity contribution in [3.63, 3.8) is 0 Å². The molecule has 3 N–H and O–H groups in total. The number of benzene rings is 1. The largest absolute Gasteiger partial charge is 0.491 e. The molecule has 20 heavy (non-hydrogen) atoms. The Morgan fingerprint density at radius 2 is 2.15 bits per heavy atom. The maximum absolute atomic E-state index is 5.76. The van der Waals surface area contributed by atoms with Gasteiger partial charge in [0.05, 0.1) is 28.7 Å². The molecule has 2 aromatic rings. The van der Waals surface area contributed by atoms with Crippen LogP contribution in [0, 0.1) is 6.92 Å². The van der Waals surface area contributed by atoms with Crippen LogP contribution in [-0.4, -0.2) is 25.3 Å². The number of hydrazine groups is 1. The van der Waals surface area contributed by atoms with Crippen molar-refractivity contribution in [1.29, 1.82) is 0 Å². The highest BCUT2D eigenvalue weighted by molar-refractivity contribution is 7.09. The summed E-state index contributed by atoms with van der Waals surface area (Å²) in [6.45, 7) is 3.03. The molecule has 2 rings (SSSR count). The first-order valence-corrected chi connectivity index (χ1v) is 7.22. The number of thiazole rings is 1. The molecule has 108 valence electrons. The Balaban J connectivity index is 2.28. The van der Waals surface area contributed by atoms with E-state index in [4.69, 9.17) is 15.3 Å². The fourth-order valence-electron chi connectivity index (χ4n) is 1.98. The third-order valence-electron chi connectivity index (χ3n) is 2.99. The van der Waals surface area contributed by atoms with Crippen molar-refractivity contribution in [3.05, 3.63) is 45.9 Å².